The summed E-state index contributed by atoms with van der Waals surface area (Å²) >= 11 is 0. The monoisotopic (exact) mass is 431 g/mol. The first kappa shape index (κ1) is 21.2. The van der Waals surface area contributed by atoms with Crippen molar-refractivity contribution in [2.24, 2.45) is 0 Å². The zero-order valence-electron chi connectivity index (χ0n) is 17.3. The van der Waals surface area contributed by atoms with Crippen molar-refractivity contribution in [3.05, 3.63) is 59.2 Å². The van der Waals surface area contributed by atoms with Gasteiger partial charge in [-0.25, -0.2) is 4.98 Å². The molecule has 4 rings (SSSR count). The highest BCUT2D eigenvalue weighted by Gasteiger charge is 2.34. The number of anilines is 1. The predicted octanol–water partition coefficient (Wildman–Crippen LogP) is 5.62. The first-order valence-electron chi connectivity index (χ1n) is 10.3. The van der Waals surface area contributed by atoms with Crippen LogP contribution in [0.4, 0.5) is 18.9 Å². The summed E-state index contributed by atoms with van der Waals surface area (Å²) in [5.41, 5.74) is 1.22. The van der Waals surface area contributed by atoms with Crippen molar-refractivity contribution in [2.45, 2.75) is 57.8 Å². The summed E-state index contributed by atoms with van der Waals surface area (Å²) in [5, 5.41) is 7.01. The number of carbonyl (C=O) groups excluding carboxylic acids is 1. The molecule has 164 valence electrons. The Morgan fingerprint density at radius 1 is 1.10 bits per heavy atom. The summed E-state index contributed by atoms with van der Waals surface area (Å²) in [6.07, 6.45) is 0.0344. The Balaban J connectivity index is 1.43. The fourth-order valence-corrected chi connectivity index (χ4v) is 4.21. The molecular formula is C23H24F3N3O2. The highest BCUT2D eigenvalue weighted by atomic mass is 19.4. The van der Waals surface area contributed by atoms with Crippen LogP contribution < -0.4 is 10.6 Å². The van der Waals surface area contributed by atoms with E-state index in [1.807, 2.05) is 6.92 Å². The summed E-state index contributed by atoms with van der Waals surface area (Å²) in [5.74, 6) is 0.450. The Hall–Kier alpha value is -3.03. The van der Waals surface area contributed by atoms with Crippen LogP contribution in [0.15, 0.2) is 41.0 Å². The molecule has 2 aromatic heterocycles. The van der Waals surface area contributed by atoms with Gasteiger partial charge in [-0.15, -0.1) is 0 Å². The highest BCUT2D eigenvalue weighted by molar-refractivity contribution is 5.96. The molecule has 1 aliphatic carbocycles. The summed E-state index contributed by atoms with van der Waals surface area (Å²) in [6.45, 7) is 3.59. The van der Waals surface area contributed by atoms with Crippen LogP contribution in [-0.4, -0.2) is 23.0 Å². The van der Waals surface area contributed by atoms with E-state index in [9.17, 15) is 18.0 Å². The fraction of sp³-hybridized carbons (Fsp3) is 0.391. The van der Waals surface area contributed by atoms with Crippen molar-refractivity contribution in [1.29, 1.82) is 0 Å². The molecule has 8 heteroatoms. The second-order valence-electron chi connectivity index (χ2n) is 8.09. The lowest BCUT2D eigenvalue weighted by atomic mass is 9.90. The summed E-state index contributed by atoms with van der Waals surface area (Å²) in [4.78, 5) is 16.3. The van der Waals surface area contributed by atoms with Gasteiger partial charge in [0.05, 0.1) is 17.3 Å². The number of fused-ring (bicyclic) bond motifs is 1. The molecule has 0 spiro atoms. The second-order valence-corrected chi connectivity index (χ2v) is 8.09. The van der Waals surface area contributed by atoms with E-state index in [0.29, 0.717) is 27.9 Å². The number of pyridine rings is 1. The van der Waals surface area contributed by atoms with Crippen LogP contribution in [-0.2, 0) is 6.18 Å². The third-order valence-corrected chi connectivity index (χ3v) is 5.81. The Labute approximate surface area is 178 Å². The number of nitrogens with one attached hydrogen (secondary N) is 2. The zero-order chi connectivity index (χ0) is 22.2. The third kappa shape index (κ3) is 4.52. The molecule has 2 N–H and O–H groups in total. The number of hydrogen-bond acceptors (Lipinski definition) is 4. The quantitative estimate of drug-likeness (QED) is 0.563. The van der Waals surface area contributed by atoms with Gasteiger partial charge in [-0.1, -0.05) is 18.2 Å². The van der Waals surface area contributed by atoms with E-state index in [2.05, 4.69) is 15.6 Å². The number of halogens is 3. The maximum Gasteiger partial charge on any atom is 0.433 e. The molecule has 1 saturated carbocycles. The molecule has 0 saturated heterocycles. The van der Waals surface area contributed by atoms with Crippen LogP contribution in [0.3, 0.4) is 0 Å². The van der Waals surface area contributed by atoms with Gasteiger partial charge in [0.2, 0.25) is 0 Å². The first-order valence-corrected chi connectivity index (χ1v) is 10.3. The Bertz CT molecular complexity index is 1080. The molecule has 1 amide bonds. The zero-order valence-corrected chi connectivity index (χ0v) is 17.3. The minimum atomic E-state index is -4.51. The van der Waals surface area contributed by atoms with Crippen LogP contribution in [0.25, 0.3) is 10.9 Å². The predicted molar refractivity (Wildman–Crippen MR) is 112 cm³/mol. The molecule has 31 heavy (non-hydrogen) atoms. The van der Waals surface area contributed by atoms with Crippen molar-refractivity contribution < 1.29 is 22.4 Å². The average Bonchev–Trinajstić information content (AvgIpc) is 3.07. The smallest absolute Gasteiger partial charge is 0.433 e. The van der Waals surface area contributed by atoms with E-state index in [1.54, 1.807) is 37.5 Å². The molecule has 3 aromatic rings. The number of nitrogens with zero attached hydrogens (tertiary/aromatic N) is 1. The Morgan fingerprint density at radius 3 is 2.42 bits per heavy atom. The molecule has 0 atom stereocenters. The molecular weight excluding hydrogens is 407 g/mol. The lowest BCUT2D eigenvalue weighted by Gasteiger charge is -2.30. The molecule has 5 nitrogen and oxygen atoms in total. The summed E-state index contributed by atoms with van der Waals surface area (Å²) < 4.78 is 45.2. The number of aryl methyl sites for hydroxylation is 2. The SMILES string of the molecule is Cc1coc(C)c1C(=O)N[C@H]1CC[C@@H](Nc2cc(C(F)(F)F)nc3ccccc23)CC1. The molecule has 2 heterocycles. The van der Waals surface area contributed by atoms with E-state index < -0.39 is 11.9 Å². The van der Waals surface area contributed by atoms with Gasteiger partial charge in [-0.3, -0.25) is 4.79 Å². The minimum Gasteiger partial charge on any atom is -0.469 e. The van der Waals surface area contributed by atoms with Crippen molar-refractivity contribution in [3.63, 3.8) is 0 Å². The summed E-state index contributed by atoms with van der Waals surface area (Å²) in [7, 11) is 0. The third-order valence-electron chi connectivity index (χ3n) is 5.81. The maximum atomic E-state index is 13.3. The van der Waals surface area contributed by atoms with E-state index >= 15 is 0 Å². The number of aromatic nitrogens is 1. The Morgan fingerprint density at radius 2 is 1.77 bits per heavy atom. The molecule has 0 aliphatic heterocycles. The van der Waals surface area contributed by atoms with E-state index in [0.717, 1.165) is 37.3 Å². The fourth-order valence-electron chi connectivity index (χ4n) is 4.21. The van der Waals surface area contributed by atoms with Crippen LogP contribution in [0.2, 0.25) is 0 Å². The summed E-state index contributed by atoms with van der Waals surface area (Å²) in [6, 6.07) is 7.96. The van der Waals surface area contributed by atoms with Crippen LogP contribution >= 0.6 is 0 Å². The standard InChI is InChI=1S/C23H24F3N3O2/c1-13-12-31-14(2)21(13)22(30)28-16-9-7-15(8-10-16)27-19-11-20(23(24,25)26)29-18-6-4-3-5-17(18)19/h3-6,11-12,15-16H,7-10H2,1-2H3,(H,27,29)(H,28,30)/t15-,16+. The van der Waals surface area contributed by atoms with Gasteiger partial charge in [0.15, 0.2) is 0 Å². The number of carbonyl (C=O) groups is 1. The van der Waals surface area contributed by atoms with Crippen molar-refractivity contribution in [3.8, 4) is 0 Å². The molecule has 1 aromatic carbocycles. The lowest BCUT2D eigenvalue weighted by molar-refractivity contribution is -0.140. The van der Waals surface area contributed by atoms with Crippen molar-refractivity contribution in [1.82, 2.24) is 10.3 Å². The average molecular weight is 431 g/mol. The molecule has 1 aliphatic rings. The number of amides is 1. The van der Waals surface area contributed by atoms with E-state index in [-0.39, 0.29) is 18.0 Å². The van der Waals surface area contributed by atoms with Crippen LogP contribution in [0, 0.1) is 13.8 Å². The number of rotatable bonds is 4. The number of furan rings is 1. The van der Waals surface area contributed by atoms with Gasteiger partial charge in [0.1, 0.15) is 11.5 Å². The molecule has 0 bridgehead atoms. The maximum absolute atomic E-state index is 13.3. The van der Waals surface area contributed by atoms with Crippen LogP contribution in [0.5, 0.6) is 0 Å². The largest absolute Gasteiger partial charge is 0.469 e. The van der Waals surface area contributed by atoms with Gasteiger partial charge in [-0.05, 0) is 51.7 Å². The van der Waals surface area contributed by atoms with Crippen molar-refractivity contribution >= 4 is 22.5 Å². The van der Waals surface area contributed by atoms with E-state index in [4.69, 9.17) is 4.42 Å². The Kier molecular flexibility index (Phi) is 5.64. The van der Waals surface area contributed by atoms with Gasteiger partial charge in [0, 0.05) is 28.7 Å². The van der Waals surface area contributed by atoms with Gasteiger partial charge in [0.25, 0.3) is 5.91 Å². The van der Waals surface area contributed by atoms with Gasteiger partial charge >= 0.3 is 6.18 Å². The first-order chi connectivity index (χ1) is 14.7. The highest BCUT2D eigenvalue weighted by Crippen LogP contribution is 2.34. The molecule has 0 unspecified atom stereocenters. The minimum absolute atomic E-state index is 0.0254. The topological polar surface area (TPSA) is 67.2 Å². The lowest BCUT2D eigenvalue weighted by Crippen LogP contribution is -2.40. The number of benzene rings is 1. The number of para-hydroxylation sites is 1. The number of hydrogen-bond donors (Lipinski definition) is 2. The van der Waals surface area contributed by atoms with Gasteiger partial charge < -0.3 is 15.1 Å². The molecule has 0 radical (unpaired) electrons. The van der Waals surface area contributed by atoms with Crippen LogP contribution in [0.1, 0.15) is 53.1 Å². The second kappa shape index (κ2) is 8.24. The van der Waals surface area contributed by atoms with E-state index in [1.165, 1.54) is 0 Å². The van der Waals surface area contributed by atoms with Crippen molar-refractivity contribution in [2.75, 3.05) is 5.32 Å². The van der Waals surface area contributed by atoms with Gasteiger partial charge in [-0.2, -0.15) is 13.2 Å². The normalized spacial score (nSPS) is 19.4. The number of alkyl halides is 3. The molecule has 1 fully saturated rings.